The molecule has 23 heavy (non-hydrogen) atoms. The molecule has 2 heterocycles. The number of nitrogens with zero attached hydrogens (tertiary/aromatic N) is 1. The summed E-state index contributed by atoms with van der Waals surface area (Å²) in [6, 6.07) is 4.54. The minimum absolute atomic E-state index is 0.287. The largest absolute Gasteiger partial charge is 0.466 e. The van der Waals surface area contributed by atoms with Crippen LogP contribution < -0.4 is 0 Å². The molecule has 0 radical (unpaired) electrons. The van der Waals surface area contributed by atoms with Crippen LogP contribution in [0.3, 0.4) is 0 Å². The molecule has 1 N–H and O–H groups in total. The van der Waals surface area contributed by atoms with Crippen LogP contribution in [0.25, 0.3) is 0 Å². The molecule has 1 unspecified atom stereocenters. The van der Waals surface area contributed by atoms with Crippen LogP contribution in [0.5, 0.6) is 0 Å². The van der Waals surface area contributed by atoms with E-state index in [1.165, 1.54) is 0 Å². The van der Waals surface area contributed by atoms with Gasteiger partial charge >= 0.3 is 0 Å². The zero-order valence-corrected chi connectivity index (χ0v) is 15.5. The summed E-state index contributed by atoms with van der Waals surface area (Å²) in [4.78, 5) is 3.47. The molecule has 0 aliphatic carbocycles. The molecule has 1 aliphatic heterocycles. The van der Waals surface area contributed by atoms with Crippen molar-refractivity contribution in [2.45, 2.75) is 45.1 Å². The van der Waals surface area contributed by atoms with Gasteiger partial charge < -0.3 is 14.4 Å². The summed E-state index contributed by atoms with van der Waals surface area (Å²) in [5, 5.41) is 8.81. The van der Waals surface area contributed by atoms with Crippen molar-refractivity contribution in [3.05, 3.63) is 35.8 Å². The van der Waals surface area contributed by atoms with Crippen molar-refractivity contribution < 1.29 is 9.52 Å². The molecular weight excluding hydrogens is 326 g/mol. The van der Waals surface area contributed by atoms with E-state index in [9.17, 15) is 0 Å². The topological polar surface area (TPSA) is 36.6 Å². The van der Waals surface area contributed by atoms with Gasteiger partial charge in [0.15, 0.2) is 0 Å². The maximum absolute atomic E-state index is 8.81. The number of rotatable bonds is 10. The average Bonchev–Trinajstić information content (AvgIpc) is 3.10. The van der Waals surface area contributed by atoms with E-state index >= 15 is 0 Å². The van der Waals surface area contributed by atoms with Crippen molar-refractivity contribution in [2.75, 3.05) is 24.7 Å². The van der Waals surface area contributed by atoms with Crippen molar-refractivity contribution in [3.63, 3.8) is 0 Å². The Morgan fingerprint density at radius 2 is 2.30 bits per heavy atom. The third kappa shape index (κ3) is 6.32. The summed E-state index contributed by atoms with van der Waals surface area (Å²) < 4.78 is 5.59. The Labute approximate surface area is 149 Å². The molecule has 0 aromatic carbocycles. The van der Waals surface area contributed by atoms with E-state index in [-0.39, 0.29) is 6.61 Å². The lowest BCUT2D eigenvalue weighted by atomic mass is 10.1. The summed E-state index contributed by atoms with van der Waals surface area (Å²) in [7, 11) is 0. The number of aryl methyl sites for hydroxylation is 2. The first kappa shape index (κ1) is 18.6. The number of likely N-dealkylation sites (tertiary alicyclic amines) is 1. The zero-order chi connectivity index (χ0) is 16.5. The molecule has 1 saturated heterocycles. The number of hydrogen-bond acceptors (Lipinski definition) is 4. The van der Waals surface area contributed by atoms with Gasteiger partial charge in [-0.05, 0) is 44.1 Å². The lowest BCUT2D eigenvalue weighted by molar-refractivity contribution is 0.296. The van der Waals surface area contributed by atoms with Gasteiger partial charge in [-0.25, -0.2) is 0 Å². The van der Waals surface area contributed by atoms with E-state index in [0.717, 1.165) is 66.7 Å². The van der Waals surface area contributed by atoms with Crippen LogP contribution in [-0.4, -0.2) is 45.7 Å². The highest BCUT2D eigenvalue weighted by Crippen LogP contribution is 2.22. The van der Waals surface area contributed by atoms with Gasteiger partial charge in [0.05, 0.1) is 4.99 Å². The monoisotopic (exact) mass is 353 g/mol. The minimum atomic E-state index is 0.287. The highest BCUT2D eigenvalue weighted by Gasteiger charge is 2.25. The third-order valence-corrected chi connectivity index (χ3v) is 5.50. The number of thioether (sulfide) groups is 1. The van der Waals surface area contributed by atoms with E-state index in [0.29, 0.717) is 6.04 Å². The Morgan fingerprint density at radius 3 is 3.04 bits per heavy atom. The molecule has 1 aromatic heterocycles. The molecule has 1 aliphatic rings. The van der Waals surface area contributed by atoms with Crippen LogP contribution in [-0.2, 0) is 6.42 Å². The van der Waals surface area contributed by atoms with Crippen LogP contribution >= 0.6 is 24.0 Å². The van der Waals surface area contributed by atoms with Gasteiger partial charge in [-0.15, -0.1) is 0 Å². The Balaban J connectivity index is 1.71. The predicted octanol–water partition coefficient (Wildman–Crippen LogP) is 3.98. The lowest BCUT2D eigenvalue weighted by Crippen LogP contribution is -2.32. The molecule has 0 bridgehead atoms. The van der Waals surface area contributed by atoms with Crippen molar-refractivity contribution >= 4 is 29.0 Å². The number of aliphatic hydroxyl groups excluding tert-OH is 1. The maximum Gasteiger partial charge on any atom is 0.104 e. The van der Waals surface area contributed by atoms with E-state index in [2.05, 4.69) is 23.1 Å². The molecular formula is C18H27NO2S2. The second-order valence-electron chi connectivity index (χ2n) is 5.86. The molecule has 128 valence electrons. The smallest absolute Gasteiger partial charge is 0.104 e. The number of allylic oxidation sites excluding steroid dienone is 1. The second-order valence-corrected chi connectivity index (χ2v) is 7.56. The van der Waals surface area contributed by atoms with E-state index < -0.39 is 0 Å². The van der Waals surface area contributed by atoms with Crippen LogP contribution in [0.1, 0.15) is 37.2 Å². The standard InChI is InChI=1S/C18H27NO2S2/c1-15-7-9-17(21-15)6-3-2-5-16-8-10-18(22)19(16)11-14-23-13-4-12-20/h2,5,7,9,16,20H,3-4,6,8,10-14H2,1H3/b5-2+. The molecule has 2 rings (SSSR count). The minimum Gasteiger partial charge on any atom is -0.466 e. The molecule has 0 amide bonds. The van der Waals surface area contributed by atoms with Crippen molar-refractivity contribution in [1.29, 1.82) is 0 Å². The Kier molecular flexibility index (Phi) is 8.20. The summed E-state index contributed by atoms with van der Waals surface area (Å²) in [5.74, 6) is 4.15. The third-order valence-electron chi connectivity index (χ3n) is 4.01. The molecule has 1 atom stereocenters. The predicted molar refractivity (Wildman–Crippen MR) is 102 cm³/mol. The molecule has 3 nitrogen and oxygen atoms in total. The van der Waals surface area contributed by atoms with Gasteiger partial charge in [-0.2, -0.15) is 11.8 Å². The zero-order valence-electron chi connectivity index (χ0n) is 13.9. The highest BCUT2D eigenvalue weighted by atomic mass is 32.2. The Morgan fingerprint density at radius 1 is 1.43 bits per heavy atom. The Hall–Kier alpha value is -0.780. The first-order chi connectivity index (χ1) is 11.2. The summed E-state index contributed by atoms with van der Waals surface area (Å²) in [5.41, 5.74) is 0. The highest BCUT2D eigenvalue weighted by molar-refractivity contribution is 7.99. The second kappa shape index (κ2) is 10.2. The van der Waals surface area contributed by atoms with Crippen molar-refractivity contribution in [1.82, 2.24) is 4.90 Å². The average molecular weight is 354 g/mol. The molecule has 0 saturated carbocycles. The van der Waals surface area contributed by atoms with Gasteiger partial charge in [0.2, 0.25) is 0 Å². The van der Waals surface area contributed by atoms with Crippen LogP contribution in [0, 0.1) is 6.92 Å². The van der Waals surface area contributed by atoms with Gasteiger partial charge in [-0.1, -0.05) is 24.4 Å². The number of aliphatic hydroxyl groups is 1. The van der Waals surface area contributed by atoms with Gasteiger partial charge in [-0.3, -0.25) is 0 Å². The van der Waals surface area contributed by atoms with Gasteiger partial charge in [0.25, 0.3) is 0 Å². The van der Waals surface area contributed by atoms with Crippen LogP contribution in [0.2, 0.25) is 0 Å². The number of hydrogen-bond donors (Lipinski definition) is 1. The fourth-order valence-electron chi connectivity index (χ4n) is 2.78. The van der Waals surface area contributed by atoms with Crippen molar-refractivity contribution in [2.24, 2.45) is 0 Å². The molecule has 0 spiro atoms. The molecule has 5 heteroatoms. The first-order valence-corrected chi connectivity index (χ1v) is 9.97. The van der Waals surface area contributed by atoms with Crippen molar-refractivity contribution in [3.8, 4) is 0 Å². The summed E-state index contributed by atoms with van der Waals surface area (Å²) in [6.45, 7) is 3.28. The van der Waals surface area contributed by atoms with Crippen LogP contribution in [0.4, 0.5) is 0 Å². The summed E-state index contributed by atoms with van der Waals surface area (Å²) >= 11 is 7.40. The fourth-order valence-corrected chi connectivity index (χ4v) is 3.98. The Bertz CT molecular complexity index is 513. The lowest BCUT2D eigenvalue weighted by Gasteiger charge is -2.24. The quantitative estimate of drug-likeness (QED) is 0.391. The maximum atomic E-state index is 8.81. The molecule has 1 fully saturated rings. The van der Waals surface area contributed by atoms with Crippen LogP contribution in [0.15, 0.2) is 28.7 Å². The van der Waals surface area contributed by atoms with E-state index in [1.807, 2.05) is 24.8 Å². The van der Waals surface area contributed by atoms with E-state index in [1.54, 1.807) is 0 Å². The van der Waals surface area contributed by atoms with Gasteiger partial charge in [0.1, 0.15) is 11.5 Å². The van der Waals surface area contributed by atoms with Gasteiger partial charge in [0, 0.05) is 37.8 Å². The normalized spacial score (nSPS) is 18.4. The first-order valence-electron chi connectivity index (χ1n) is 8.40. The molecule has 1 aromatic rings. The number of furan rings is 1. The van der Waals surface area contributed by atoms with E-state index in [4.69, 9.17) is 21.7 Å². The fraction of sp³-hybridized carbons (Fsp3) is 0.611. The number of thiocarbonyl (C=S) groups is 1. The summed E-state index contributed by atoms with van der Waals surface area (Å²) in [6.07, 6.45) is 9.59. The SMILES string of the molecule is Cc1ccc(CC/C=C/C2CCC(=S)N2CCSCCCO)o1.